The molecule has 1 aromatic heterocycles. The Kier molecular flexibility index (Phi) is 5.48. The molecule has 0 spiro atoms. The van der Waals surface area contributed by atoms with Crippen molar-refractivity contribution in [1.29, 1.82) is 0 Å². The Morgan fingerprint density at radius 2 is 2.11 bits per heavy atom. The number of carboxylic acid groups (broad SMARTS) is 1. The zero-order chi connectivity index (χ0) is 14.6. The number of hydrogen-bond donors (Lipinski definition) is 2. The summed E-state index contributed by atoms with van der Waals surface area (Å²) in [4.78, 5) is 13.4. The first-order valence-electron chi connectivity index (χ1n) is 5.72. The van der Waals surface area contributed by atoms with Gasteiger partial charge in [0.15, 0.2) is 0 Å². The predicted octanol–water partition coefficient (Wildman–Crippen LogP) is 0.985. The van der Waals surface area contributed by atoms with Gasteiger partial charge in [0.2, 0.25) is 10.0 Å². The van der Waals surface area contributed by atoms with Crippen molar-refractivity contribution >= 4 is 27.3 Å². The number of aryl methyl sites for hydroxylation is 1. The number of aromatic carboxylic acids is 1. The van der Waals surface area contributed by atoms with Crippen LogP contribution in [0.4, 0.5) is 0 Å². The first-order chi connectivity index (χ1) is 8.74. The summed E-state index contributed by atoms with van der Waals surface area (Å²) in [5.74, 6) is -1.11. The van der Waals surface area contributed by atoms with Gasteiger partial charge in [-0.2, -0.15) is 0 Å². The molecule has 0 fully saturated rings. The Morgan fingerprint density at radius 1 is 1.47 bits per heavy atom. The molecule has 0 aliphatic heterocycles. The van der Waals surface area contributed by atoms with Crippen LogP contribution < -0.4 is 4.72 Å². The van der Waals surface area contributed by atoms with Crippen LogP contribution in [0.2, 0.25) is 0 Å². The summed E-state index contributed by atoms with van der Waals surface area (Å²) in [5.41, 5.74) is 0. The van der Waals surface area contributed by atoms with Crippen molar-refractivity contribution in [2.75, 3.05) is 27.2 Å². The van der Waals surface area contributed by atoms with E-state index >= 15 is 0 Å². The highest BCUT2D eigenvalue weighted by Gasteiger charge is 2.21. The van der Waals surface area contributed by atoms with E-state index < -0.39 is 16.0 Å². The van der Waals surface area contributed by atoms with Gasteiger partial charge in [-0.1, -0.05) is 0 Å². The summed E-state index contributed by atoms with van der Waals surface area (Å²) in [5, 5.41) is 8.85. The molecule has 0 saturated carbocycles. The van der Waals surface area contributed by atoms with Gasteiger partial charge in [-0.15, -0.1) is 11.3 Å². The Bertz CT molecular complexity index is 549. The zero-order valence-corrected chi connectivity index (χ0v) is 12.8. The monoisotopic (exact) mass is 306 g/mol. The number of thiophene rings is 1. The highest BCUT2D eigenvalue weighted by molar-refractivity contribution is 7.89. The molecule has 0 bridgehead atoms. The lowest BCUT2D eigenvalue weighted by Crippen LogP contribution is -2.27. The molecule has 19 heavy (non-hydrogen) atoms. The second kappa shape index (κ2) is 6.47. The van der Waals surface area contributed by atoms with Crippen LogP contribution in [0.5, 0.6) is 0 Å². The molecule has 108 valence electrons. The smallest absolute Gasteiger partial charge is 0.345 e. The molecule has 0 aliphatic carbocycles. The SMILES string of the molecule is Cc1sc(C(=O)O)cc1S(=O)(=O)NCCCN(C)C. The van der Waals surface area contributed by atoms with Gasteiger partial charge in [-0.25, -0.2) is 17.9 Å². The third kappa shape index (κ3) is 4.57. The van der Waals surface area contributed by atoms with E-state index in [1.807, 2.05) is 19.0 Å². The lowest BCUT2D eigenvalue weighted by molar-refractivity contribution is 0.0702. The highest BCUT2D eigenvalue weighted by atomic mass is 32.2. The second-order valence-corrected chi connectivity index (χ2v) is 7.38. The van der Waals surface area contributed by atoms with E-state index in [2.05, 4.69) is 4.72 Å². The van der Waals surface area contributed by atoms with Gasteiger partial charge in [0, 0.05) is 11.4 Å². The van der Waals surface area contributed by atoms with E-state index in [-0.39, 0.29) is 9.77 Å². The maximum Gasteiger partial charge on any atom is 0.345 e. The van der Waals surface area contributed by atoms with Crippen molar-refractivity contribution in [3.63, 3.8) is 0 Å². The number of hydrogen-bond acceptors (Lipinski definition) is 5. The Hall–Kier alpha value is -0.960. The molecule has 0 amide bonds. The van der Waals surface area contributed by atoms with Crippen LogP contribution in [0.3, 0.4) is 0 Å². The molecule has 0 aliphatic rings. The molecule has 8 heteroatoms. The first kappa shape index (κ1) is 16.1. The fraction of sp³-hybridized carbons (Fsp3) is 0.545. The predicted molar refractivity (Wildman–Crippen MR) is 74.4 cm³/mol. The average molecular weight is 306 g/mol. The maximum atomic E-state index is 12.0. The number of nitrogens with one attached hydrogen (secondary N) is 1. The number of carbonyl (C=O) groups is 1. The van der Waals surface area contributed by atoms with Crippen LogP contribution >= 0.6 is 11.3 Å². The Labute approximate surface area is 117 Å². The van der Waals surface area contributed by atoms with E-state index in [1.165, 1.54) is 6.07 Å². The summed E-state index contributed by atoms with van der Waals surface area (Å²) >= 11 is 0.967. The fourth-order valence-corrected chi connectivity index (χ4v) is 4.02. The molecule has 1 aromatic rings. The van der Waals surface area contributed by atoms with Crippen LogP contribution in [0.15, 0.2) is 11.0 Å². The van der Waals surface area contributed by atoms with Gasteiger partial charge in [0.05, 0.1) is 4.90 Å². The van der Waals surface area contributed by atoms with Crippen molar-refractivity contribution < 1.29 is 18.3 Å². The van der Waals surface area contributed by atoms with Crippen molar-refractivity contribution in [3.05, 3.63) is 15.8 Å². The van der Waals surface area contributed by atoms with Gasteiger partial charge in [-0.3, -0.25) is 0 Å². The summed E-state index contributed by atoms with van der Waals surface area (Å²) in [6, 6.07) is 1.20. The van der Waals surface area contributed by atoms with Gasteiger partial charge in [0.25, 0.3) is 0 Å². The Morgan fingerprint density at radius 3 is 2.58 bits per heavy atom. The summed E-state index contributed by atoms with van der Waals surface area (Å²) in [6.45, 7) is 2.72. The van der Waals surface area contributed by atoms with Crippen molar-refractivity contribution in [3.8, 4) is 0 Å². The van der Waals surface area contributed by atoms with E-state index in [9.17, 15) is 13.2 Å². The summed E-state index contributed by atoms with van der Waals surface area (Å²) in [6.07, 6.45) is 0.696. The largest absolute Gasteiger partial charge is 0.477 e. The maximum absolute atomic E-state index is 12.0. The van der Waals surface area contributed by atoms with Gasteiger partial charge < -0.3 is 10.0 Å². The quantitative estimate of drug-likeness (QED) is 0.734. The topological polar surface area (TPSA) is 86.7 Å². The first-order valence-corrected chi connectivity index (χ1v) is 8.02. The van der Waals surface area contributed by atoms with Crippen LogP contribution in [0, 0.1) is 6.92 Å². The van der Waals surface area contributed by atoms with Gasteiger partial charge >= 0.3 is 5.97 Å². The fourth-order valence-electron chi connectivity index (χ4n) is 1.52. The minimum absolute atomic E-state index is 0.0335. The zero-order valence-electron chi connectivity index (χ0n) is 11.1. The molecular formula is C11H18N2O4S2. The Balaban J connectivity index is 2.75. The third-order valence-corrected chi connectivity index (χ3v) is 5.20. The third-order valence-electron chi connectivity index (χ3n) is 2.45. The molecular weight excluding hydrogens is 288 g/mol. The lowest BCUT2D eigenvalue weighted by Gasteiger charge is -2.10. The second-order valence-electron chi connectivity index (χ2n) is 4.39. The van der Waals surface area contributed by atoms with Crippen molar-refractivity contribution in [2.24, 2.45) is 0 Å². The van der Waals surface area contributed by atoms with Crippen LogP contribution in [-0.2, 0) is 10.0 Å². The molecule has 2 N–H and O–H groups in total. The van der Waals surface area contributed by atoms with Crippen LogP contribution in [0.1, 0.15) is 21.0 Å². The normalized spacial score (nSPS) is 12.0. The average Bonchev–Trinajstić information content (AvgIpc) is 2.67. The number of sulfonamides is 1. The number of nitrogens with zero attached hydrogens (tertiary/aromatic N) is 1. The molecule has 0 aromatic carbocycles. The standard InChI is InChI=1S/C11H18N2O4S2/c1-8-10(7-9(18-8)11(14)15)19(16,17)12-5-4-6-13(2)3/h7,12H,4-6H2,1-3H3,(H,14,15). The summed E-state index contributed by atoms with van der Waals surface area (Å²) < 4.78 is 26.5. The molecule has 0 saturated heterocycles. The molecule has 0 radical (unpaired) electrons. The minimum atomic E-state index is -3.62. The van der Waals surface area contributed by atoms with E-state index in [4.69, 9.17) is 5.11 Å². The molecule has 0 atom stereocenters. The van der Waals surface area contributed by atoms with E-state index in [0.717, 1.165) is 17.9 Å². The van der Waals surface area contributed by atoms with E-state index in [1.54, 1.807) is 6.92 Å². The van der Waals surface area contributed by atoms with Crippen LogP contribution in [0.25, 0.3) is 0 Å². The minimum Gasteiger partial charge on any atom is -0.477 e. The number of carboxylic acids is 1. The van der Waals surface area contributed by atoms with Crippen LogP contribution in [-0.4, -0.2) is 51.6 Å². The molecule has 0 unspecified atom stereocenters. The van der Waals surface area contributed by atoms with E-state index in [0.29, 0.717) is 17.8 Å². The van der Waals surface area contributed by atoms with Gasteiger partial charge in [0.1, 0.15) is 4.88 Å². The molecule has 6 nitrogen and oxygen atoms in total. The lowest BCUT2D eigenvalue weighted by atomic mass is 10.4. The van der Waals surface area contributed by atoms with Gasteiger partial charge in [-0.05, 0) is 40.1 Å². The molecule has 1 heterocycles. The van der Waals surface area contributed by atoms with Crippen molar-refractivity contribution in [2.45, 2.75) is 18.2 Å². The van der Waals surface area contributed by atoms with Crippen molar-refractivity contribution in [1.82, 2.24) is 9.62 Å². The molecule has 1 rings (SSSR count). The summed E-state index contributed by atoms with van der Waals surface area (Å²) in [7, 11) is 0.204. The number of rotatable bonds is 7. The highest BCUT2D eigenvalue weighted by Crippen LogP contribution is 2.25.